The Balaban J connectivity index is 1.80. The maximum absolute atomic E-state index is 12.9. The first-order chi connectivity index (χ1) is 13.8. The van der Waals surface area contributed by atoms with Gasteiger partial charge in [-0.05, 0) is 52.2 Å². The highest BCUT2D eigenvalue weighted by Crippen LogP contribution is 2.39. The maximum Gasteiger partial charge on any atom is 0.408 e. The highest BCUT2D eigenvalue weighted by molar-refractivity contribution is 7.89. The Morgan fingerprint density at radius 2 is 1.97 bits per heavy atom. The van der Waals surface area contributed by atoms with Gasteiger partial charge in [-0.3, -0.25) is 4.90 Å². The van der Waals surface area contributed by atoms with Crippen LogP contribution in [-0.4, -0.2) is 66.9 Å². The molecule has 2 N–H and O–H groups in total. The van der Waals surface area contributed by atoms with E-state index in [1.54, 1.807) is 13.8 Å². The summed E-state index contributed by atoms with van der Waals surface area (Å²) in [5.74, 6) is -1.36. The van der Waals surface area contributed by atoms with E-state index in [2.05, 4.69) is 4.72 Å². The number of sulfonamides is 1. The largest absolute Gasteiger partial charge is 0.465 e. The molecule has 0 saturated carbocycles. The molecule has 1 aromatic rings. The summed E-state index contributed by atoms with van der Waals surface area (Å²) in [5.41, 5.74) is 1.23. The Bertz CT molecular complexity index is 893. The lowest BCUT2D eigenvalue weighted by Crippen LogP contribution is -2.53. The molecule has 8 nitrogen and oxygen atoms in total. The van der Waals surface area contributed by atoms with Crippen molar-refractivity contribution in [2.24, 2.45) is 0 Å². The smallest absolute Gasteiger partial charge is 0.408 e. The first-order valence-electron chi connectivity index (χ1n) is 10.2. The summed E-state index contributed by atoms with van der Waals surface area (Å²) >= 11 is 0. The zero-order valence-electron chi connectivity index (χ0n) is 18.2. The van der Waals surface area contributed by atoms with Crippen LogP contribution in [0.5, 0.6) is 0 Å². The molecular formula is C21H32N2O6S. The molecule has 1 heterocycles. The number of benzene rings is 1. The quantitative estimate of drug-likeness (QED) is 0.704. The summed E-state index contributed by atoms with van der Waals surface area (Å²) in [6.07, 6.45) is -0.908. The number of hydrogen-bond donors (Lipinski definition) is 2. The minimum absolute atomic E-state index is 0.118. The fraction of sp³-hybridized carbons (Fsp3) is 0.667. The molecule has 1 fully saturated rings. The van der Waals surface area contributed by atoms with Crippen molar-refractivity contribution in [3.63, 3.8) is 0 Å². The number of rotatable bonds is 6. The van der Waals surface area contributed by atoms with Gasteiger partial charge in [-0.15, -0.1) is 0 Å². The molecule has 3 rings (SSSR count). The lowest BCUT2D eigenvalue weighted by Gasteiger charge is -2.40. The molecule has 1 saturated heterocycles. The average molecular weight is 441 g/mol. The van der Waals surface area contributed by atoms with E-state index < -0.39 is 39.4 Å². The van der Waals surface area contributed by atoms with Gasteiger partial charge in [0, 0.05) is 24.0 Å². The lowest BCUT2D eigenvalue weighted by molar-refractivity contribution is -0.137. The van der Waals surface area contributed by atoms with Gasteiger partial charge in [-0.25, -0.2) is 17.9 Å². The molecule has 9 heteroatoms. The predicted molar refractivity (Wildman–Crippen MR) is 113 cm³/mol. The topological polar surface area (TPSA) is 105 Å². The molecule has 0 radical (unpaired) electrons. The van der Waals surface area contributed by atoms with E-state index >= 15 is 0 Å². The fourth-order valence-electron chi connectivity index (χ4n) is 4.43. The van der Waals surface area contributed by atoms with Gasteiger partial charge >= 0.3 is 6.09 Å². The lowest BCUT2D eigenvalue weighted by atomic mass is 9.95. The van der Waals surface area contributed by atoms with Crippen LogP contribution in [-0.2, 0) is 25.9 Å². The number of carbonyl (C=O) groups is 1. The average Bonchev–Trinajstić information content (AvgIpc) is 3.12. The van der Waals surface area contributed by atoms with E-state index in [-0.39, 0.29) is 18.4 Å². The molecule has 3 atom stereocenters. The van der Waals surface area contributed by atoms with E-state index in [4.69, 9.17) is 9.47 Å². The Labute approximate surface area is 178 Å². The summed E-state index contributed by atoms with van der Waals surface area (Å²) in [7, 11) is -3.68. The Hall–Kier alpha value is -1.68. The van der Waals surface area contributed by atoms with Gasteiger partial charge in [0.15, 0.2) is 5.79 Å². The van der Waals surface area contributed by atoms with Crippen molar-refractivity contribution < 1.29 is 27.8 Å². The van der Waals surface area contributed by atoms with Crippen LogP contribution in [0.4, 0.5) is 4.79 Å². The maximum atomic E-state index is 12.9. The van der Waals surface area contributed by atoms with Crippen LogP contribution < -0.4 is 4.72 Å². The molecule has 30 heavy (non-hydrogen) atoms. The Morgan fingerprint density at radius 3 is 2.53 bits per heavy atom. The third-order valence-corrected chi connectivity index (χ3v) is 7.01. The molecule has 1 unspecified atom stereocenters. The minimum Gasteiger partial charge on any atom is -0.465 e. The highest BCUT2D eigenvalue weighted by Gasteiger charge is 2.44. The van der Waals surface area contributed by atoms with Gasteiger partial charge < -0.3 is 14.6 Å². The number of carboxylic acid groups (broad SMARTS) is 1. The monoisotopic (exact) mass is 440 g/mol. The van der Waals surface area contributed by atoms with E-state index in [9.17, 15) is 18.3 Å². The summed E-state index contributed by atoms with van der Waals surface area (Å²) in [4.78, 5) is 13.5. The predicted octanol–water partition coefficient (Wildman–Crippen LogP) is 2.54. The zero-order chi connectivity index (χ0) is 22.3. The minimum atomic E-state index is -3.68. The molecule has 1 amide bonds. The number of hydrogen-bond acceptors (Lipinski definition) is 5. The van der Waals surface area contributed by atoms with Crippen molar-refractivity contribution in [3.8, 4) is 0 Å². The SMILES string of the molecule is CC1(C)OCC(CNS(=O)(=O)C[C@H]2c3ccccc3C[C@H]2N(C(=O)O)C(C)(C)C)O1. The highest BCUT2D eigenvalue weighted by atomic mass is 32.2. The van der Waals surface area contributed by atoms with Crippen LogP contribution in [0.1, 0.15) is 51.7 Å². The summed E-state index contributed by atoms with van der Waals surface area (Å²) in [6, 6.07) is 7.14. The standard InChI is InChI=1S/C21H32N2O6S/c1-20(2,3)23(19(24)25)18-10-14-8-6-7-9-16(14)17(18)13-30(26,27)22-11-15-12-28-21(4,5)29-15/h6-9,15,17-18,22H,10-13H2,1-5H3,(H,24,25)/t15?,17-,18+/m0/s1. The van der Waals surface area contributed by atoms with E-state index in [1.165, 1.54) is 4.90 Å². The van der Waals surface area contributed by atoms with Gasteiger partial charge in [0.1, 0.15) is 0 Å². The van der Waals surface area contributed by atoms with Crippen molar-refractivity contribution in [1.29, 1.82) is 0 Å². The van der Waals surface area contributed by atoms with Crippen LogP contribution in [0.15, 0.2) is 24.3 Å². The van der Waals surface area contributed by atoms with Crippen molar-refractivity contribution in [3.05, 3.63) is 35.4 Å². The number of amides is 1. The molecule has 0 bridgehead atoms. The second-order valence-corrected chi connectivity index (χ2v) is 11.3. The second-order valence-electron chi connectivity index (χ2n) is 9.48. The number of nitrogens with zero attached hydrogens (tertiary/aromatic N) is 1. The molecular weight excluding hydrogens is 408 g/mol. The Kier molecular flexibility index (Phi) is 6.21. The Morgan fingerprint density at radius 1 is 1.30 bits per heavy atom. The van der Waals surface area contributed by atoms with Crippen molar-refractivity contribution in [2.75, 3.05) is 18.9 Å². The number of nitrogens with one attached hydrogen (secondary N) is 1. The van der Waals surface area contributed by atoms with Crippen LogP contribution in [0.3, 0.4) is 0 Å². The normalized spacial score (nSPS) is 25.8. The van der Waals surface area contributed by atoms with E-state index in [0.717, 1.165) is 11.1 Å². The molecule has 2 aliphatic rings. The second kappa shape index (κ2) is 8.11. The number of fused-ring (bicyclic) bond motifs is 1. The zero-order valence-corrected chi connectivity index (χ0v) is 19.0. The van der Waals surface area contributed by atoms with Gasteiger partial charge in [0.2, 0.25) is 10.0 Å². The van der Waals surface area contributed by atoms with Crippen LogP contribution in [0.2, 0.25) is 0 Å². The first kappa shape index (κ1) is 23.0. The fourth-order valence-corrected chi connectivity index (χ4v) is 5.87. The van der Waals surface area contributed by atoms with Crippen molar-refractivity contribution >= 4 is 16.1 Å². The summed E-state index contributed by atoms with van der Waals surface area (Å²) in [5, 5.41) is 9.89. The molecule has 168 valence electrons. The third-order valence-electron chi connectivity index (χ3n) is 5.61. The van der Waals surface area contributed by atoms with Crippen LogP contribution in [0, 0.1) is 0 Å². The summed E-state index contributed by atoms with van der Waals surface area (Å²) in [6.45, 7) is 9.49. The van der Waals surface area contributed by atoms with E-state index in [0.29, 0.717) is 13.0 Å². The number of ether oxygens (including phenoxy) is 2. The van der Waals surface area contributed by atoms with Gasteiger partial charge in [-0.1, -0.05) is 24.3 Å². The van der Waals surface area contributed by atoms with Crippen LogP contribution >= 0.6 is 0 Å². The summed E-state index contributed by atoms with van der Waals surface area (Å²) < 4.78 is 39.6. The van der Waals surface area contributed by atoms with E-state index in [1.807, 2.05) is 45.0 Å². The van der Waals surface area contributed by atoms with Crippen molar-refractivity contribution in [2.45, 2.75) is 70.4 Å². The molecule has 1 aliphatic heterocycles. The van der Waals surface area contributed by atoms with Gasteiger partial charge in [0.05, 0.1) is 18.5 Å². The molecule has 0 aromatic heterocycles. The van der Waals surface area contributed by atoms with Gasteiger partial charge in [-0.2, -0.15) is 0 Å². The molecule has 1 aromatic carbocycles. The van der Waals surface area contributed by atoms with Gasteiger partial charge in [0.25, 0.3) is 0 Å². The van der Waals surface area contributed by atoms with Crippen molar-refractivity contribution in [1.82, 2.24) is 9.62 Å². The van der Waals surface area contributed by atoms with Crippen LogP contribution in [0.25, 0.3) is 0 Å². The first-order valence-corrected chi connectivity index (χ1v) is 11.8. The third kappa shape index (κ3) is 5.14. The molecule has 0 spiro atoms. The molecule has 1 aliphatic carbocycles.